The van der Waals surface area contributed by atoms with Crippen molar-refractivity contribution in [2.45, 2.75) is 13.8 Å². The minimum Gasteiger partial charge on any atom is -0.493 e. The number of urea groups is 1. The van der Waals surface area contributed by atoms with Gasteiger partial charge >= 0.3 is 6.03 Å². The molecule has 0 spiro atoms. The lowest BCUT2D eigenvalue weighted by molar-refractivity contribution is -0.127. The van der Waals surface area contributed by atoms with Crippen LogP contribution in [0.15, 0.2) is 36.4 Å². The minimum absolute atomic E-state index is 0.0249. The van der Waals surface area contributed by atoms with Crippen LogP contribution < -0.4 is 29.7 Å². The van der Waals surface area contributed by atoms with Gasteiger partial charge in [-0.3, -0.25) is 4.79 Å². The average molecular weight is 399 g/mol. The molecule has 2 aromatic rings. The van der Waals surface area contributed by atoms with Crippen molar-refractivity contribution in [1.82, 2.24) is 0 Å². The molecule has 0 saturated heterocycles. The molecule has 0 fully saturated rings. The lowest BCUT2D eigenvalue weighted by Crippen LogP contribution is -2.39. The topological polar surface area (TPSA) is 89.1 Å². The van der Waals surface area contributed by atoms with Gasteiger partial charge in [0, 0.05) is 30.6 Å². The first-order valence-corrected chi connectivity index (χ1v) is 9.10. The zero-order valence-corrected chi connectivity index (χ0v) is 17.2. The third-order valence-electron chi connectivity index (χ3n) is 4.69. The molecule has 1 aliphatic heterocycles. The molecule has 1 aliphatic rings. The first-order chi connectivity index (χ1) is 13.7. The summed E-state index contributed by atoms with van der Waals surface area (Å²) >= 11 is 0. The van der Waals surface area contributed by atoms with E-state index in [1.54, 1.807) is 55.5 Å². The van der Waals surface area contributed by atoms with Gasteiger partial charge in [0.05, 0.1) is 25.3 Å². The number of amides is 3. The highest BCUT2D eigenvalue weighted by molar-refractivity contribution is 6.02. The van der Waals surface area contributed by atoms with E-state index in [-0.39, 0.29) is 12.5 Å². The van der Waals surface area contributed by atoms with Crippen molar-refractivity contribution >= 4 is 29.0 Å². The monoisotopic (exact) mass is 399 g/mol. The van der Waals surface area contributed by atoms with Gasteiger partial charge < -0.3 is 29.7 Å². The van der Waals surface area contributed by atoms with Crippen LogP contribution in [-0.2, 0) is 4.79 Å². The van der Waals surface area contributed by atoms with E-state index >= 15 is 0 Å². The van der Waals surface area contributed by atoms with Crippen LogP contribution in [-0.4, -0.2) is 39.8 Å². The molecule has 3 amide bonds. The predicted octanol–water partition coefficient (Wildman–Crippen LogP) is 3.73. The van der Waals surface area contributed by atoms with Crippen molar-refractivity contribution in [2.24, 2.45) is 5.41 Å². The summed E-state index contributed by atoms with van der Waals surface area (Å²) in [6.45, 7) is 3.94. The third kappa shape index (κ3) is 4.21. The number of anilines is 3. The van der Waals surface area contributed by atoms with Crippen LogP contribution >= 0.6 is 0 Å². The van der Waals surface area contributed by atoms with Gasteiger partial charge in [-0.25, -0.2) is 4.79 Å². The second kappa shape index (κ2) is 7.90. The number of fused-ring (bicyclic) bond motifs is 1. The van der Waals surface area contributed by atoms with Gasteiger partial charge in [0.15, 0.2) is 11.5 Å². The number of hydrogen-bond acceptors (Lipinski definition) is 5. The van der Waals surface area contributed by atoms with Crippen molar-refractivity contribution in [3.63, 3.8) is 0 Å². The molecule has 0 saturated carbocycles. The number of benzene rings is 2. The van der Waals surface area contributed by atoms with Gasteiger partial charge in [-0.1, -0.05) is 0 Å². The largest absolute Gasteiger partial charge is 0.493 e. The Labute approximate surface area is 169 Å². The van der Waals surface area contributed by atoms with Crippen molar-refractivity contribution in [1.29, 1.82) is 0 Å². The molecule has 0 bridgehead atoms. The predicted molar refractivity (Wildman–Crippen MR) is 111 cm³/mol. The van der Waals surface area contributed by atoms with Gasteiger partial charge in [-0.2, -0.15) is 0 Å². The maximum atomic E-state index is 12.5. The molecule has 8 heteroatoms. The Bertz CT molecular complexity index is 942. The summed E-state index contributed by atoms with van der Waals surface area (Å²) < 4.78 is 16.3. The summed E-state index contributed by atoms with van der Waals surface area (Å²) in [5.41, 5.74) is 1.12. The van der Waals surface area contributed by atoms with Crippen LogP contribution in [0.1, 0.15) is 13.8 Å². The van der Waals surface area contributed by atoms with E-state index in [1.807, 2.05) is 13.8 Å². The Kier molecular flexibility index (Phi) is 5.54. The molecule has 0 unspecified atom stereocenters. The SMILES string of the molecule is COc1ccc(NC(=O)Nc2ccc3c(c2)OCC(C)(C)C(=O)N3C)cc1OC. The smallest absolute Gasteiger partial charge is 0.323 e. The molecule has 0 aliphatic carbocycles. The Morgan fingerprint density at radius 2 is 1.66 bits per heavy atom. The van der Waals surface area contributed by atoms with E-state index in [4.69, 9.17) is 14.2 Å². The van der Waals surface area contributed by atoms with Crippen LogP contribution in [0.2, 0.25) is 0 Å². The maximum absolute atomic E-state index is 12.5. The van der Waals surface area contributed by atoms with E-state index in [0.29, 0.717) is 34.3 Å². The zero-order valence-electron chi connectivity index (χ0n) is 17.2. The van der Waals surface area contributed by atoms with Gasteiger partial charge in [-0.05, 0) is 38.1 Å². The van der Waals surface area contributed by atoms with Crippen LogP contribution in [0.3, 0.4) is 0 Å². The number of rotatable bonds is 4. The van der Waals surface area contributed by atoms with Crippen LogP contribution in [0.25, 0.3) is 0 Å². The molecular weight excluding hydrogens is 374 g/mol. The second-order valence-electron chi connectivity index (χ2n) is 7.37. The van der Waals surface area contributed by atoms with Crippen molar-refractivity contribution in [3.05, 3.63) is 36.4 Å². The summed E-state index contributed by atoms with van der Waals surface area (Å²) in [6, 6.07) is 9.84. The van der Waals surface area contributed by atoms with Crippen molar-refractivity contribution in [3.8, 4) is 17.2 Å². The molecule has 154 valence electrons. The maximum Gasteiger partial charge on any atom is 0.323 e. The Morgan fingerprint density at radius 3 is 2.31 bits per heavy atom. The fraction of sp³-hybridized carbons (Fsp3) is 0.333. The number of carbonyl (C=O) groups is 2. The first kappa shape index (κ1) is 20.3. The van der Waals surface area contributed by atoms with E-state index in [1.165, 1.54) is 7.11 Å². The Morgan fingerprint density at radius 1 is 1.03 bits per heavy atom. The summed E-state index contributed by atoms with van der Waals surface area (Å²) in [6.07, 6.45) is 0. The van der Waals surface area contributed by atoms with E-state index in [0.717, 1.165) is 0 Å². The highest BCUT2D eigenvalue weighted by Gasteiger charge is 2.36. The van der Waals surface area contributed by atoms with E-state index in [9.17, 15) is 9.59 Å². The van der Waals surface area contributed by atoms with Crippen LogP contribution in [0.5, 0.6) is 17.2 Å². The molecule has 0 radical (unpaired) electrons. The van der Waals surface area contributed by atoms with Crippen molar-refractivity contribution in [2.75, 3.05) is 43.4 Å². The fourth-order valence-corrected chi connectivity index (χ4v) is 3.08. The van der Waals surface area contributed by atoms with Crippen LogP contribution in [0, 0.1) is 5.41 Å². The third-order valence-corrected chi connectivity index (χ3v) is 4.69. The minimum atomic E-state index is -0.633. The Hall–Kier alpha value is -3.42. The van der Waals surface area contributed by atoms with Gasteiger partial charge in [0.2, 0.25) is 5.91 Å². The van der Waals surface area contributed by atoms with Crippen molar-refractivity contribution < 1.29 is 23.8 Å². The summed E-state index contributed by atoms with van der Waals surface area (Å²) in [4.78, 5) is 26.5. The zero-order chi connectivity index (χ0) is 21.2. The quantitative estimate of drug-likeness (QED) is 0.818. The van der Waals surface area contributed by atoms with Crippen LogP contribution in [0.4, 0.5) is 21.9 Å². The highest BCUT2D eigenvalue weighted by Crippen LogP contribution is 2.37. The number of ether oxygens (including phenoxy) is 3. The second-order valence-corrected chi connectivity index (χ2v) is 7.37. The Balaban J connectivity index is 1.74. The molecule has 0 aromatic heterocycles. The molecule has 2 aromatic carbocycles. The summed E-state index contributed by atoms with van der Waals surface area (Å²) in [7, 11) is 4.79. The number of nitrogens with zero attached hydrogens (tertiary/aromatic N) is 1. The fourth-order valence-electron chi connectivity index (χ4n) is 3.08. The van der Waals surface area contributed by atoms with Gasteiger partial charge in [-0.15, -0.1) is 0 Å². The molecule has 29 heavy (non-hydrogen) atoms. The first-order valence-electron chi connectivity index (χ1n) is 9.10. The lowest BCUT2D eigenvalue weighted by Gasteiger charge is -2.24. The highest BCUT2D eigenvalue weighted by atomic mass is 16.5. The number of nitrogens with one attached hydrogen (secondary N) is 2. The van der Waals surface area contributed by atoms with E-state index in [2.05, 4.69) is 10.6 Å². The standard InChI is InChI=1S/C21H25N3O5/c1-21(2)12-29-17-10-13(6-8-15(17)24(3)19(21)25)22-20(26)23-14-7-9-16(27-4)18(11-14)28-5/h6-11H,12H2,1-5H3,(H2,22,23,26). The number of methoxy groups -OCH3 is 2. The molecule has 3 rings (SSSR count). The lowest BCUT2D eigenvalue weighted by atomic mass is 9.93. The molecule has 1 heterocycles. The normalized spacial score (nSPS) is 14.9. The molecule has 2 N–H and O–H groups in total. The van der Waals surface area contributed by atoms with Gasteiger partial charge in [0.25, 0.3) is 0 Å². The number of hydrogen-bond donors (Lipinski definition) is 2. The number of carbonyl (C=O) groups excluding carboxylic acids is 2. The molecule has 0 atom stereocenters. The molecule has 8 nitrogen and oxygen atoms in total. The molecular formula is C21H25N3O5. The summed E-state index contributed by atoms with van der Waals surface area (Å²) in [5, 5.41) is 5.52. The summed E-state index contributed by atoms with van der Waals surface area (Å²) in [5.74, 6) is 1.60. The van der Waals surface area contributed by atoms with Gasteiger partial charge in [0.1, 0.15) is 12.4 Å². The van der Waals surface area contributed by atoms with E-state index < -0.39 is 11.4 Å². The average Bonchev–Trinajstić information content (AvgIpc) is 2.78.